The Labute approximate surface area is 94.3 Å². The number of rotatable bonds is 2. The molecule has 0 atom stereocenters. The Kier molecular flexibility index (Phi) is 2.77. The number of phenolic OH excluding ortho intramolecular Hbond substituents is 1. The maximum Gasteiger partial charge on any atom is 0.123 e. The van der Waals surface area contributed by atoms with Crippen LogP contribution in [-0.2, 0) is 0 Å². The molecule has 2 rings (SSSR count). The number of aryl methyl sites for hydroxylation is 1. The summed E-state index contributed by atoms with van der Waals surface area (Å²) in [7, 11) is 1.60. The van der Waals surface area contributed by atoms with Gasteiger partial charge in [-0.3, -0.25) is 4.98 Å². The minimum atomic E-state index is 0.228. The monoisotopic (exact) mass is 215 g/mol. The van der Waals surface area contributed by atoms with Gasteiger partial charge in [0.15, 0.2) is 0 Å². The van der Waals surface area contributed by atoms with Crippen molar-refractivity contribution < 1.29 is 9.84 Å². The fourth-order valence-electron chi connectivity index (χ4n) is 1.50. The minimum Gasteiger partial charge on any atom is -0.507 e. The van der Waals surface area contributed by atoms with E-state index in [1.807, 2.05) is 19.1 Å². The van der Waals surface area contributed by atoms with Crippen molar-refractivity contribution in [3.63, 3.8) is 0 Å². The summed E-state index contributed by atoms with van der Waals surface area (Å²) in [4.78, 5) is 4.20. The first-order valence-electron chi connectivity index (χ1n) is 5.01. The van der Waals surface area contributed by atoms with Gasteiger partial charge in [0.1, 0.15) is 11.5 Å². The van der Waals surface area contributed by atoms with Gasteiger partial charge < -0.3 is 9.84 Å². The number of methoxy groups -OCH3 is 1. The van der Waals surface area contributed by atoms with E-state index >= 15 is 0 Å². The van der Waals surface area contributed by atoms with E-state index in [-0.39, 0.29) is 5.75 Å². The molecule has 0 aliphatic heterocycles. The maximum absolute atomic E-state index is 9.77. The summed E-state index contributed by atoms with van der Waals surface area (Å²) in [5.74, 6) is 0.944. The number of nitrogens with zero attached hydrogens (tertiary/aromatic N) is 1. The Morgan fingerprint density at radius 3 is 2.62 bits per heavy atom. The summed E-state index contributed by atoms with van der Waals surface area (Å²) >= 11 is 0. The number of hydrogen-bond donors (Lipinski definition) is 1. The molecule has 0 spiro atoms. The molecule has 0 radical (unpaired) electrons. The van der Waals surface area contributed by atoms with Gasteiger partial charge in [0, 0.05) is 23.0 Å². The predicted octanol–water partition coefficient (Wildman–Crippen LogP) is 2.77. The fraction of sp³-hybridized carbons (Fsp3) is 0.154. The number of hydrogen-bond acceptors (Lipinski definition) is 3. The van der Waals surface area contributed by atoms with Crippen molar-refractivity contribution in [2.45, 2.75) is 6.92 Å². The van der Waals surface area contributed by atoms with Crippen LogP contribution in [0.4, 0.5) is 0 Å². The van der Waals surface area contributed by atoms with Crippen molar-refractivity contribution in [2.75, 3.05) is 7.11 Å². The zero-order chi connectivity index (χ0) is 11.5. The Bertz CT molecular complexity index is 492. The highest BCUT2D eigenvalue weighted by Gasteiger charge is 2.06. The maximum atomic E-state index is 9.77. The first-order chi connectivity index (χ1) is 7.70. The molecule has 0 saturated heterocycles. The standard InChI is InChI=1S/C13H13NO2/c1-9-3-4-10(8-14-9)12-7-11(16-2)5-6-13(12)15/h3-8,15H,1-2H3. The normalized spacial score (nSPS) is 10.1. The Hall–Kier alpha value is -2.03. The van der Waals surface area contributed by atoms with Crippen molar-refractivity contribution in [2.24, 2.45) is 0 Å². The third-order valence-corrected chi connectivity index (χ3v) is 2.43. The van der Waals surface area contributed by atoms with Gasteiger partial charge in [0.25, 0.3) is 0 Å². The Morgan fingerprint density at radius 1 is 1.19 bits per heavy atom. The van der Waals surface area contributed by atoms with Gasteiger partial charge in [-0.1, -0.05) is 6.07 Å². The minimum absolute atomic E-state index is 0.228. The van der Waals surface area contributed by atoms with Crippen LogP contribution >= 0.6 is 0 Å². The van der Waals surface area contributed by atoms with Crippen molar-refractivity contribution in [1.82, 2.24) is 4.98 Å². The lowest BCUT2D eigenvalue weighted by atomic mass is 10.1. The number of phenols is 1. The summed E-state index contributed by atoms with van der Waals surface area (Å²) in [6.07, 6.45) is 1.74. The van der Waals surface area contributed by atoms with Crippen molar-refractivity contribution in [3.05, 3.63) is 42.2 Å². The van der Waals surface area contributed by atoms with Crippen LogP contribution in [0.2, 0.25) is 0 Å². The van der Waals surface area contributed by atoms with E-state index in [9.17, 15) is 5.11 Å². The van der Waals surface area contributed by atoms with Gasteiger partial charge in [-0.15, -0.1) is 0 Å². The van der Waals surface area contributed by atoms with Gasteiger partial charge >= 0.3 is 0 Å². The topological polar surface area (TPSA) is 42.4 Å². The van der Waals surface area contributed by atoms with Crippen LogP contribution in [0.25, 0.3) is 11.1 Å². The third-order valence-electron chi connectivity index (χ3n) is 2.43. The smallest absolute Gasteiger partial charge is 0.123 e. The summed E-state index contributed by atoms with van der Waals surface area (Å²) in [5, 5.41) is 9.77. The molecule has 0 fully saturated rings. The molecule has 1 aromatic heterocycles. The molecule has 0 saturated carbocycles. The largest absolute Gasteiger partial charge is 0.507 e. The number of ether oxygens (including phenoxy) is 1. The summed E-state index contributed by atoms with van der Waals surface area (Å²) in [6, 6.07) is 8.97. The SMILES string of the molecule is COc1ccc(O)c(-c2ccc(C)nc2)c1. The van der Waals surface area contributed by atoms with Crippen LogP contribution in [0.15, 0.2) is 36.5 Å². The highest BCUT2D eigenvalue weighted by Crippen LogP contribution is 2.31. The molecule has 0 aliphatic rings. The lowest BCUT2D eigenvalue weighted by molar-refractivity contribution is 0.412. The molecule has 3 nitrogen and oxygen atoms in total. The second-order valence-electron chi connectivity index (χ2n) is 3.57. The van der Waals surface area contributed by atoms with Crippen molar-refractivity contribution in [1.29, 1.82) is 0 Å². The first-order valence-corrected chi connectivity index (χ1v) is 5.01. The highest BCUT2D eigenvalue weighted by atomic mass is 16.5. The van der Waals surface area contributed by atoms with Crippen LogP contribution in [-0.4, -0.2) is 17.2 Å². The quantitative estimate of drug-likeness (QED) is 0.837. The molecule has 82 valence electrons. The lowest BCUT2D eigenvalue weighted by Gasteiger charge is -2.07. The van der Waals surface area contributed by atoms with Crippen LogP contribution in [0, 0.1) is 6.92 Å². The second-order valence-corrected chi connectivity index (χ2v) is 3.57. The second kappa shape index (κ2) is 4.23. The molecule has 0 aliphatic carbocycles. The fourth-order valence-corrected chi connectivity index (χ4v) is 1.50. The number of aromatic nitrogens is 1. The molecule has 0 unspecified atom stereocenters. The van der Waals surface area contributed by atoms with E-state index in [1.165, 1.54) is 0 Å². The van der Waals surface area contributed by atoms with Crippen LogP contribution < -0.4 is 4.74 Å². The average Bonchev–Trinajstić information content (AvgIpc) is 2.31. The van der Waals surface area contributed by atoms with E-state index < -0.39 is 0 Å². The summed E-state index contributed by atoms with van der Waals surface area (Å²) in [5.41, 5.74) is 2.56. The van der Waals surface area contributed by atoms with Gasteiger partial charge in [-0.2, -0.15) is 0 Å². The van der Waals surface area contributed by atoms with E-state index in [2.05, 4.69) is 4.98 Å². The molecule has 1 heterocycles. The van der Waals surface area contributed by atoms with Gasteiger partial charge in [-0.05, 0) is 31.2 Å². The van der Waals surface area contributed by atoms with Crippen molar-refractivity contribution >= 4 is 0 Å². The van der Waals surface area contributed by atoms with E-state index in [0.717, 1.165) is 16.8 Å². The number of aromatic hydroxyl groups is 1. The van der Waals surface area contributed by atoms with E-state index in [4.69, 9.17) is 4.74 Å². The molecule has 2 aromatic rings. The predicted molar refractivity (Wildman–Crippen MR) is 62.6 cm³/mol. The molecular weight excluding hydrogens is 202 g/mol. The average molecular weight is 215 g/mol. The lowest BCUT2D eigenvalue weighted by Crippen LogP contribution is -1.86. The van der Waals surface area contributed by atoms with E-state index in [1.54, 1.807) is 31.5 Å². The molecule has 0 bridgehead atoms. The zero-order valence-corrected chi connectivity index (χ0v) is 9.27. The Balaban J connectivity index is 2.50. The van der Waals surface area contributed by atoms with Crippen LogP contribution in [0.1, 0.15) is 5.69 Å². The van der Waals surface area contributed by atoms with Gasteiger partial charge in [0.2, 0.25) is 0 Å². The Morgan fingerprint density at radius 2 is 2.00 bits per heavy atom. The molecule has 0 amide bonds. The molecule has 16 heavy (non-hydrogen) atoms. The number of pyridine rings is 1. The van der Waals surface area contributed by atoms with Crippen LogP contribution in [0.3, 0.4) is 0 Å². The molecule has 1 N–H and O–H groups in total. The van der Waals surface area contributed by atoms with Crippen molar-refractivity contribution in [3.8, 4) is 22.6 Å². The van der Waals surface area contributed by atoms with Crippen LogP contribution in [0.5, 0.6) is 11.5 Å². The summed E-state index contributed by atoms with van der Waals surface area (Å²) < 4.78 is 5.12. The highest BCUT2D eigenvalue weighted by molar-refractivity contribution is 5.70. The van der Waals surface area contributed by atoms with E-state index in [0.29, 0.717) is 5.75 Å². The zero-order valence-electron chi connectivity index (χ0n) is 9.27. The first kappa shape index (κ1) is 10.5. The summed E-state index contributed by atoms with van der Waals surface area (Å²) in [6.45, 7) is 1.93. The molecular formula is C13H13NO2. The molecule has 1 aromatic carbocycles. The molecule has 3 heteroatoms. The third kappa shape index (κ3) is 1.98. The number of benzene rings is 1. The van der Waals surface area contributed by atoms with Gasteiger partial charge in [-0.25, -0.2) is 0 Å². The van der Waals surface area contributed by atoms with Gasteiger partial charge in [0.05, 0.1) is 7.11 Å².